The molecule has 7 heteroatoms. The molecule has 20 heavy (non-hydrogen) atoms. The molecule has 0 saturated carbocycles. The van der Waals surface area contributed by atoms with E-state index in [4.69, 9.17) is 0 Å². The summed E-state index contributed by atoms with van der Waals surface area (Å²) in [6.07, 6.45) is -4.53. The lowest BCUT2D eigenvalue weighted by Crippen LogP contribution is -2.46. The Morgan fingerprint density at radius 3 is 2.50 bits per heavy atom. The molecule has 2 rings (SSSR count). The molecule has 1 aliphatic heterocycles. The van der Waals surface area contributed by atoms with Gasteiger partial charge in [-0.2, -0.15) is 13.2 Å². The monoisotopic (exact) mass is 307 g/mol. The van der Waals surface area contributed by atoms with Crippen molar-refractivity contribution in [2.24, 2.45) is 11.8 Å². The van der Waals surface area contributed by atoms with Crippen LogP contribution in [0.25, 0.3) is 0 Å². The highest BCUT2D eigenvalue weighted by molar-refractivity contribution is 7.91. The first kappa shape index (κ1) is 15.3. The van der Waals surface area contributed by atoms with Crippen molar-refractivity contribution in [1.82, 2.24) is 5.32 Å². The number of halogens is 3. The minimum Gasteiger partial charge on any atom is -0.316 e. The van der Waals surface area contributed by atoms with Crippen LogP contribution in [0.4, 0.5) is 13.2 Å². The van der Waals surface area contributed by atoms with Crippen LogP contribution < -0.4 is 5.32 Å². The number of sulfone groups is 1. The van der Waals surface area contributed by atoms with Crippen molar-refractivity contribution in [2.75, 3.05) is 18.8 Å². The molecule has 0 amide bonds. The Morgan fingerprint density at radius 2 is 2.00 bits per heavy atom. The molecule has 1 N–H and O–H groups in total. The zero-order chi connectivity index (χ0) is 15.0. The van der Waals surface area contributed by atoms with Crippen molar-refractivity contribution in [3.63, 3.8) is 0 Å². The van der Waals surface area contributed by atoms with Crippen LogP contribution in [0.2, 0.25) is 0 Å². The number of nitrogens with one attached hydrogen (secondary N) is 1. The molecule has 1 aliphatic rings. The van der Waals surface area contributed by atoms with Gasteiger partial charge in [0.05, 0.1) is 16.2 Å². The summed E-state index contributed by atoms with van der Waals surface area (Å²) in [7, 11) is -3.69. The number of rotatable bonds is 4. The minimum absolute atomic E-state index is 0.0733. The summed E-state index contributed by atoms with van der Waals surface area (Å²) >= 11 is 0. The molecule has 0 radical (unpaired) electrons. The fourth-order valence-electron chi connectivity index (χ4n) is 2.16. The highest BCUT2D eigenvalue weighted by atomic mass is 32.2. The molecule has 1 aromatic rings. The Kier molecular flexibility index (Phi) is 4.11. The van der Waals surface area contributed by atoms with Crippen molar-refractivity contribution in [3.05, 3.63) is 29.8 Å². The lowest BCUT2D eigenvalue weighted by molar-refractivity contribution is -0.137. The lowest BCUT2D eigenvalue weighted by Gasteiger charge is -2.32. The van der Waals surface area contributed by atoms with E-state index in [1.165, 1.54) is 6.07 Å². The molecule has 0 aliphatic carbocycles. The van der Waals surface area contributed by atoms with E-state index in [9.17, 15) is 21.6 Å². The fourth-order valence-corrected chi connectivity index (χ4v) is 3.91. The molecule has 1 atom stereocenters. The minimum atomic E-state index is -4.53. The topological polar surface area (TPSA) is 46.2 Å². The van der Waals surface area contributed by atoms with Gasteiger partial charge in [-0.05, 0) is 43.1 Å². The zero-order valence-electron chi connectivity index (χ0n) is 10.9. The zero-order valence-corrected chi connectivity index (χ0v) is 11.8. The summed E-state index contributed by atoms with van der Waals surface area (Å²) in [5.74, 6) is 0.0760. The summed E-state index contributed by atoms with van der Waals surface area (Å²) in [6.45, 7) is 3.34. The van der Waals surface area contributed by atoms with Crippen molar-refractivity contribution in [3.8, 4) is 0 Å². The quantitative estimate of drug-likeness (QED) is 0.928. The largest absolute Gasteiger partial charge is 0.416 e. The molecule has 0 spiro atoms. The third-order valence-electron chi connectivity index (χ3n) is 3.62. The number of benzene rings is 1. The van der Waals surface area contributed by atoms with Gasteiger partial charge in [-0.1, -0.05) is 13.0 Å². The van der Waals surface area contributed by atoms with E-state index in [1.54, 1.807) is 0 Å². The van der Waals surface area contributed by atoms with Gasteiger partial charge in [0.15, 0.2) is 9.84 Å². The van der Waals surface area contributed by atoms with Gasteiger partial charge in [0.1, 0.15) is 0 Å². The second-order valence-corrected chi connectivity index (χ2v) is 7.24. The van der Waals surface area contributed by atoms with Crippen LogP contribution in [0.15, 0.2) is 29.2 Å². The smallest absolute Gasteiger partial charge is 0.316 e. The van der Waals surface area contributed by atoms with E-state index in [-0.39, 0.29) is 22.5 Å². The van der Waals surface area contributed by atoms with E-state index in [0.29, 0.717) is 6.07 Å². The average Bonchev–Trinajstić information content (AvgIpc) is 2.24. The first-order valence-electron chi connectivity index (χ1n) is 6.31. The van der Waals surface area contributed by atoms with E-state index in [2.05, 4.69) is 5.32 Å². The maximum Gasteiger partial charge on any atom is 0.416 e. The molecule has 3 nitrogen and oxygen atoms in total. The second kappa shape index (κ2) is 5.37. The van der Waals surface area contributed by atoms with Crippen molar-refractivity contribution < 1.29 is 21.6 Å². The van der Waals surface area contributed by atoms with E-state index in [1.807, 2.05) is 6.92 Å². The van der Waals surface area contributed by atoms with Crippen molar-refractivity contribution in [2.45, 2.75) is 18.0 Å². The predicted octanol–water partition coefficient (Wildman–Crippen LogP) is 2.33. The van der Waals surface area contributed by atoms with Crippen LogP contribution in [0, 0.1) is 11.8 Å². The van der Waals surface area contributed by atoms with Gasteiger partial charge in [-0.15, -0.1) is 0 Å². The van der Waals surface area contributed by atoms with Crippen LogP contribution in [0.1, 0.15) is 12.5 Å². The lowest BCUT2D eigenvalue weighted by atomic mass is 9.91. The molecular weight excluding hydrogens is 291 g/mol. The average molecular weight is 307 g/mol. The Hall–Kier alpha value is -1.08. The molecule has 0 bridgehead atoms. The Bertz CT molecular complexity index is 580. The summed E-state index contributed by atoms with van der Waals surface area (Å²) in [4.78, 5) is -0.258. The molecule has 112 valence electrons. The van der Waals surface area contributed by atoms with E-state index < -0.39 is 21.6 Å². The van der Waals surface area contributed by atoms with Crippen LogP contribution in [-0.4, -0.2) is 27.3 Å². The molecule has 0 aromatic heterocycles. The normalized spacial score (nSPS) is 18.6. The van der Waals surface area contributed by atoms with Crippen LogP contribution in [0.5, 0.6) is 0 Å². The predicted molar refractivity (Wildman–Crippen MR) is 69.0 cm³/mol. The van der Waals surface area contributed by atoms with E-state index >= 15 is 0 Å². The molecule has 1 saturated heterocycles. The standard InChI is InChI=1S/C13H16F3NO2S/c1-9(10-6-17-7-10)8-20(18,19)12-4-2-3-11(5-12)13(14,15)16/h2-5,9-10,17H,6-8H2,1H3. The first-order chi connectivity index (χ1) is 9.20. The molecule has 1 heterocycles. The summed E-state index contributed by atoms with van der Waals surface area (Å²) in [6, 6.07) is 3.93. The fraction of sp³-hybridized carbons (Fsp3) is 0.538. The third-order valence-corrected chi connectivity index (χ3v) is 5.56. The molecule has 1 fully saturated rings. The SMILES string of the molecule is CC(CS(=O)(=O)c1cccc(C(F)(F)F)c1)C1CNC1. The highest BCUT2D eigenvalue weighted by Gasteiger charge is 2.33. The Labute approximate surface area is 116 Å². The van der Waals surface area contributed by atoms with Gasteiger partial charge in [0, 0.05) is 0 Å². The van der Waals surface area contributed by atoms with Gasteiger partial charge < -0.3 is 5.32 Å². The van der Waals surface area contributed by atoms with Gasteiger partial charge in [0.25, 0.3) is 0 Å². The Morgan fingerprint density at radius 1 is 1.35 bits per heavy atom. The van der Waals surface area contributed by atoms with E-state index in [0.717, 1.165) is 25.2 Å². The summed E-state index contributed by atoms with van der Waals surface area (Å²) in [5.41, 5.74) is -0.934. The van der Waals surface area contributed by atoms with Crippen molar-refractivity contribution in [1.29, 1.82) is 0 Å². The summed E-state index contributed by atoms with van der Waals surface area (Å²) < 4.78 is 62.2. The maximum atomic E-state index is 12.6. The maximum absolute atomic E-state index is 12.6. The van der Waals surface area contributed by atoms with Gasteiger partial charge in [0.2, 0.25) is 0 Å². The molecular formula is C13H16F3NO2S. The number of hydrogen-bond acceptors (Lipinski definition) is 3. The van der Waals surface area contributed by atoms with Gasteiger partial charge in [-0.3, -0.25) is 0 Å². The van der Waals surface area contributed by atoms with Crippen LogP contribution >= 0.6 is 0 Å². The van der Waals surface area contributed by atoms with Crippen LogP contribution in [0.3, 0.4) is 0 Å². The second-order valence-electron chi connectivity index (χ2n) is 5.20. The van der Waals surface area contributed by atoms with Gasteiger partial charge in [-0.25, -0.2) is 8.42 Å². The number of hydrogen-bond donors (Lipinski definition) is 1. The van der Waals surface area contributed by atoms with Crippen LogP contribution in [-0.2, 0) is 16.0 Å². The molecule has 1 unspecified atom stereocenters. The highest BCUT2D eigenvalue weighted by Crippen LogP contribution is 2.31. The first-order valence-corrected chi connectivity index (χ1v) is 7.96. The van der Waals surface area contributed by atoms with Crippen molar-refractivity contribution >= 4 is 9.84 Å². The summed E-state index contributed by atoms with van der Waals surface area (Å²) in [5, 5.41) is 3.05. The number of alkyl halides is 3. The molecule has 1 aromatic carbocycles. The van der Waals surface area contributed by atoms with Gasteiger partial charge >= 0.3 is 6.18 Å². The Balaban J connectivity index is 2.20. The third kappa shape index (κ3) is 3.32.